The summed E-state index contributed by atoms with van der Waals surface area (Å²) in [6.45, 7) is 0.679. The zero-order valence-corrected chi connectivity index (χ0v) is 13.3. The van der Waals surface area contributed by atoms with E-state index in [1.165, 1.54) is 0 Å². The first kappa shape index (κ1) is 14.0. The Hall–Kier alpha value is -3.41. The smallest absolute Gasteiger partial charge is 0.253 e. The second kappa shape index (κ2) is 5.31. The number of benzene rings is 1. The van der Waals surface area contributed by atoms with Gasteiger partial charge in [0.1, 0.15) is 0 Å². The van der Waals surface area contributed by atoms with E-state index in [9.17, 15) is 4.79 Å². The highest BCUT2D eigenvalue weighted by Gasteiger charge is 2.20. The number of pyridine rings is 1. The Bertz CT molecular complexity index is 1110. The van der Waals surface area contributed by atoms with Gasteiger partial charge in [0.15, 0.2) is 0 Å². The monoisotopic (exact) mass is 329 g/mol. The van der Waals surface area contributed by atoms with Crippen LogP contribution in [0.3, 0.4) is 0 Å². The number of carbonyl (C=O) groups is 1. The summed E-state index contributed by atoms with van der Waals surface area (Å²) in [5.41, 5.74) is 6.61. The summed E-state index contributed by atoms with van der Waals surface area (Å²) in [5, 5.41) is 10.9. The van der Waals surface area contributed by atoms with Crippen molar-refractivity contribution in [2.45, 2.75) is 6.42 Å². The number of aromatic nitrogens is 4. The van der Waals surface area contributed by atoms with Crippen molar-refractivity contribution in [1.82, 2.24) is 25.5 Å². The Morgan fingerprint density at radius 1 is 1.04 bits per heavy atom. The minimum Gasteiger partial charge on any atom is -0.358 e. The Balaban J connectivity index is 1.58. The first-order valence-corrected chi connectivity index (χ1v) is 8.18. The van der Waals surface area contributed by atoms with Crippen molar-refractivity contribution < 1.29 is 4.79 Å². The number of carbonyl (C=O) groups excluding carboxylic acids is 1. The number of amides is 1. The quantitative estimate of drug-likeness (QED) is 0.528. The third kappa shape index (κ3) is 2.30. The molecule has 0 spiro atoms. The van der Waals surface area contributed by atoms with Gasteiger partial charge >= 0.3 is 0 Å². The van der Waals surface area contributed by atoms with Crippen molar-refractivity contribution in [2.24, 2.45) is 0 Å². The van der Waals surface area contributed by atoms with Crippen LogP contribution in [0.15, 0.2) is 48.8 Å². The fraction of sp³-hybridized carbons (Fsp3) is 0.105. The lowest BCUT2D eigenvalue weighted by Crippen LogP contribution is -2.31. The Labute approximate surface area is 143 Å². The Morgan fingerprint density at radius 2 is 2.00 bits per heavy atom. The largest absolute Gasteiger partial charge is 0.358 e. The van der Waals surface area contributed by atoms with Crippen molar-refractivity contribution in [3.8, 4) is 22.5 Å². The number of aromatic amines is 2. The maximum atomic E-state index is 12.0. The minimum atomic E-state index is -0.0107. The predicted octanol–water partition coefficient (Wildman–Crippen LogP) is 2.91. The van der Waals surface area contributed by atoms with Gasteiger partial charge in [-0.3, -0.25) is 14.9 Å². The highest BCUT2D eigenvalue weighted by atomic mass is 16.1. The molecule has 0 unspecified atom stereocenters. The summed E-state index contributed by atoms with van der Waals surface area (Å²) in [4.78, 5) is 19.8. The average molecular weight is 329 g/mol. The first-order chi connectivity index (χ1) is 12.3. The summed E-state index contributed by atoms with van der Waals surface area (Å²) < 4.78 is 0. The molecule has 6 nitrogen and oxygen atoms in total. The van der Waals surface area contributed by atoms with Gasteiger partial charge in [-0.1, -0.05) is 6.07 Å². The van der Waals surface area contributed by atoms with Crippen LogP contribution in [0.4, 0.5) is 0 Å². The lowest BCUT2D eigenvalue weighted by Gasteiger charge is -2.10. The molecule has 0 atom stereocenters. The SMILES string of the molecule is O=C1NCCc2[nH]c(-c3ccnc(-c4ccc5[nH]ncc5c4)c3)cc21. The van der Waals surface area contributed by atoms with Gasteiger partial charge in [0, 0.05) is 47.1 Å². The number of rotatable bonds is 2. The van der Waals surface area contributed by atoms with Crippen LogP contribution < -0.4 is 5.32 Å². The van der Waals surface area contributed by atoms with Crippen LogP contribution in [0.2, 0.25) is 0 Å². The van der Waals surface area contributed by atoms with Crippen molar-refractivity contribution >= 4 is 16.8 Å². The molecule has 1 aliphatic heterocycles. The molecular weight excluding hydrogens is 314 g/mol. The fourth-order valence-electron chi connectivity index (χ4n) is 3.31. The minimum absolute atomic E-state index is 0.0107. The third-order valence-electron chi connectivity index (χ3n) is 4.61. The van der Waals surface area contributed by atoms with Gasteiger partial charge in [0.05, 0.1) is 23.0 Å². The van der Waals surface area contributed by atoms with Crippen LogP contribution in [0.1, 0.15) is 16.1 Å². The zero-order chi connectivity index (χ0) is 16.8. The van der Waals surface area contributed by atoms with Gasteiger partial charge in [-0.05, 0) is 30.3 Å². The summed E-state index contributed by atoms with van der Waals surface area (Å²) in [5.74, 6) is -0.0107. The van der Waals surface area contributed by atoms with Crippen molar-refractivity contribution in [3.05, 3.63) is 60.0 Å². The highest BCUT2D eigenvalue weighted by molar-refractivity contribution is 5.97. The molecular formula is C19H15N5O. The molecule has 1 aromatic carbocycles. The van der Waals surface area contributed by atoms with E-state index in [1.807, 2.05) is 30.3 Å². The van der Waals surface area contributed by atoms with Crippen LogP contribution in [0.25, 0.3) is 33.4 Å². The Kier molecular flexibility index (Phi) is 2.97. The van der Waals surface area contributed by atoms with E-state index in [1.54, 1.807) is 12.4 Å². The fourth-order valence-corrected chi connectivity index (χ4v) is 3.31. The molecule has 5 rings (SSSR count). The summed E-state index contributed by atoms with van der Waals surface area (Å²) >= 11 is 0. The van der Waals surface area contributed by atoms with Gasteiger partial charge in [0.25, 0.3) is 5.91 Å². The van der Waals surface area contributed by atoms with Crippen LogP contribution in [0, 0.1) is 0 Å². The number of nitrogens with one attached hydrogen (secondary N) is 3. The number of hydrogen-bond donors (Lipinski definition) is 3. The number of fused-ring (bicyclic) bond motifs is 2. The molecule has 3 N–H and O–H groups in total. The van der Waals surface area contributed by atoms with Gasteiger partial charge in [-0.15, -0.1) is 0 Å². The second-order valence-corrected chi connectivity index (χ2v) is 6.18. The maximum absolute atomic E-state index is 12.0. The van der Waals surface area contributed by atoms with Crippen molar-refractivity contribution in [1.29, 1.82) is 0 Å². The Morgan fingerprint density at radius 3 is 2.92 bits per heavy atom. The van der Waals surface area contributed by atoms with E-state index < -0.39 is 0 Å². The summed E-state index contributed by atoms with van der Waals surface area (Å²) in [7, 11) is 0. The van der Waals surface area contributed by atoms with Crippen molar-refractivity contribution in [2.75, 3.05) is 6.54 Å². The molecule has 3 aromatic heterocycles. The van der Waals surface area contributed by atoms with E-state index in [4.69, 9.17) is 0 Å². The van der Waals surface area contributed by atoms with Crippen molar-refractivity contribution in [3.63, 3.8) is 0 Å². The first-order valence-electron chi connectivity index (χ1n) is 8.18. The van der Waals surface area contributed by atoms with Crippen LogP contribution in [0.5, 0.6) is 0 Å². The second-order valence-electron chi connectivity index (χ2n) is 6.18. The predicted molar refractivity (Wildman–Crippen MR) is 95.1 cm³/mol. The number of nitrogens with zero attached hydrogens (tertiary/aromatic N) is 2. The maximum Gasteiger partial charge on any atom is 0.253 e. The molecule has 122 valence electrons. The van der Waals surface area contributed by atoms with E-state index >= 15 is 0 Å². The molecule has 0 bridgehead atoms. The number of H-pyrrole nitrogens is 2. The van der Waals surface area contributed by atoms with Crippen LogP contribution >= 0.6 is 0 Å². The van der Waals surface area contributed by atoms with Gasteiger partial charge in [0.2, 0.25) is 0 Å². The summed E-state index contributed by atoms with van der Waals surface area (Å²) in [6, 6.07) is 12.0. The van der Waals surface area contributed by atoms with E-state index in [0.29, 0.717) is 6.54 Å². The zero-order valence-electron chi connectivity index (χ0n) is 13.3. The molecule has 1 amide bonds. The molecule has 4 aromatic rings. The van der Waals surface area contributed by atoms with Gasteiger partial charge in [-0.2, -0.15) is 5.10 Å². The van der Waals surface area contributed by atoms with Crippen LogP contribution in [-0.4, -0.2) is 32.6 Å². The van der Waals surface area contributed by atoms with Crippen LogP contribution in [-0.2, 0) is 6.42 Å². The van der Waals surface area contributed by atoms with E-state index in [2.05, 4.69) is 31.5 Å². The normalized spacial score (nSPS) is 13.7. The highest BCUT2D eigenvalue weighted by Crippen LogP contribution is 2.28. The molecule has 6 heteroatoms. The average Bonchev–Trinajstić information content (AvgIpc) is 3.28. The van der Waals surface area contributed by atoms with E-state index in [0.717, 1.165) is 51.1 Å². The lowest BCUT2D eigenvalue weighted by molar-refractivity contribution is 0.0946. The van der Waals surface area contributed by atoms with Gasteiger partial charge < -0.3 is 10.3 Å². The molecule has 0 radical (unpaired) electrons. The summed E-state index contributed by atoms with van der Waals surface area (Å²) in [6.07, 6.45) is 4.43. The number of hydrogen-bond acceptors (Lipinski definition) is 3. The topological polar surface area (TPSA) is 86.5 Å². The molecule has 0 fully saturated rings. The molecule has 0 saturated carbocycles. The third-order valence-corrected chi connectivity index (χ3v) is 4.61. The molecule has 25 heavy (non-hydrogen) atoms. The lowest BCUT2D eigenvalue weighted by atomic mass is 10.1. The standard InChI is InChI=1S/C19H15N5O/c25-19-14-9-18(23-16(14)4-6-21-19)12-3-5-20-17(8-12)11-1-2-15-13(7-11)10-22-24-15/h1-3,5,7-10,23H,4,6H2,(H,21,25)(H,22,24). The molecule has 4 heterocycles. The van der Waals surface area contributed by atoms with Gasteiger partial charge in [-0.25, -0.2) is 0 Å². The molecule has 0 aliphatic carbocycles. The molecule has 1 aliphatic rings. The van der Waals surface area contributed by atoms with E-state index in [-0.39, 0.29) is 5.91 Å². The molecule has 0 saturated heterocycles.